The van der Waals surface area contributed by atoms with Crippen LogP contribution in [0.2, 0.25) is 10.0 Å². The first kappa shape index (κ1) is 24.8. The molecule has 0 unspecified atom stereocenters. The maximum absolute atomic E-state index is 12.9. The lowest BCUT2D eigenvalue weighted by Crippen LogP contribution is -2.35. The number of rotatable bonds is 9. The fourth-order valence-corrected chi connectivity index (χ4v) is 4.19. The number of nitrogens with zero attached hydrogens (tertiary/aromatic N) is 1. The van der Waals surface area contributed by atoms with Gasteiger partial charge in [0.05, 0.1) is 10.9 Å². The Kier molecular flexibility index (Phi) is 8.06. The first-order valence-corrected chi connectivity index (χ1v) is 12.2. The third-order valence-corrected chi connectivity index (χ3v) is 6.31. The number of H-pyrrole nitrogens is 1. The van der Waals surface area contributed by atoms with Crippen molar-refractivity contribution in [3.8, 4) is 0 Å². The van der Waals surface area contributed by atoms with E-state index in [1.54, 1.807) is 6.07 Å². The minimum Gasteiger partial charge on any atom is -0.356 e. The maximum atomic E-state index is 12.9. The third-order valence-electron chi connectivity index (χ3n) is 5.80. The summed E-state index contributed by atoms with van der Waals surface area (Å²) >= 11 is 11.8. The Bertz CT molecular complexity index is 1440. The van der Waals surface area contributed by atoms with E-state index in [9.17, 15) is 14.4 Å². The van der Waals surface area contributed by atoms with E-state index in [-0.39, 0.29) is 24.4 Å². The molecule has 0 spiro atoms. The molecule has 0 bridgehead atoms. The van der Waals surface area contributed by atoms with Gasteiger partial charge in [0.1, 0.15) is 0 Å². The Hall–Kier alpha value is -3.35. The molecule has 0 aliphatic rings. The quantitative estimate of drug-likeness (QED) is 0.342. The van der Waals surface area contributed by atoms with E-state index in [4.69, 9.17) is 23.2 Å². The molecule has 0 radical (unpaired) electrons. The fraction of sp³-hybridized carbons (Fsp3) is 0.222. The van der Waals surface area contributed by atoms with Gasteiger partial charge in [-0.05, 0) is 72.4 Å². The average Bonchev–Trinajstić information content (AvgIpc) is 2.84. The van der Waals surface area contributed by atoms with E-state index in [0.29, 0.717) is 46.8 Å². The van der Waals surface area contributed by atoms with Crippen molar-refractivity contribution in [2.24, 2.45) is 0 Å². The van der Waals surface area contributed by atoms with Crippen LogP contribution in [0.25, 0.3) is 10.9 Å². The molecule has 0 saturated carbocycles. The van der Waals surface area contributed by atoms with Gasteiger partial charge in [0.15, 0.2) is 0 Å². The summed E-state index contributed by atoms with van der Waals surface area (Å²) in [7, 11) is 0. The van der Waals surface area contributed by atoms with Crippen molar-refractivity contribution in [1.82, 2.24) is 14.9 Å². The highest BCUT2D eigenvalue weighted by Crippen LogP contribution is 2.16. The monoisotopic (exact) mass is 509 g/mol. The van der Waals surface area contributed by atoms with Gasteiger partial charge in [-0.25, -0.2) is 4.79 Å². The van der Waals surface area contributed by atoms with Gasteiger partial charge in [0.2, 0.25) is 5.91 Å². The number of nitrogens with one attached hydrogen (secondary N) is 2. The standard InChI is InChI=1S/C27H25Cl2N3O3/c28-21-8-3-18(4-9-21)13-14-30-25(33)2-1-15-32-26(34)23-12-7-20(17-24(23)31-27(32)35)16-19-5-10-22(29)11-6-19/h3-12,17H,1-2,13-16H2,(H,30,33)(H,31,35). The first-order valence-electron chi connectivity index (χ1n) is 11.4. The van der Waals surface area contributed by atoms with Crippen LogP contribution in [0, 0.1) is 0 Å². The van der Waals surface area contributed by atoms with Crippen molar-refractivity contribution in [2.75, 3.05) is 6.54 Å². The van der Waals surface area contributed by atoms with Crippen LogP contribution in [0.3, 0.4) is 0 Å². The van der Waals surface area contributed by atoms with Crippen LogP contribution in [0.5, 0.6) is 0 Å². The molecule has 4 aromatic rings. The maximum Gasteiger partial charge on any atom is 0.328 e. The van der Waals surface area contributed by atoms with Gasteiger partial charge in [-0.1, -0.05) is 53.5 Å². The van der Waals surface area contributed by atoms with Crippen molar-refractivity contribution in [1.29, 1.82) is 0 Å². The van der Waals surface area contributed by atoms with E-state index >= 15 is 0 Å². The molecule has 0 aliphatic heterocycles. The smallest absolute Gasteiger partial charge is 0.328 e. The molecule has 0 fully saturated rings. The summed E-state index contributed by atoms with van der Waals surface area (Å²) in [5.74, 6) is -0.115. The number of hydrogen-bond acceptors (Lipinski definition) is 3. The Morgan fingerprint density at radius 2 is 1.49 bits per heavy atom. The zero-order valence-electron chi connectivity index (χ0n) is 19.0. The van der Waals surface area contributed by atoms with Crippen molar-refractivity contribution in [3.05, 3.63) is 114 Å². The number of aromatic nitrogens is 2. The second kappa shape index (κ2) is 11.4. The predicted molar refractivity (Wildman–Crippen MR) is 140 cm³/mol. The van der Waals surface area contributed by atoms with Crippen molar-refractivity contribution >= 4 is 40.0 Å². The second-order valence-corrected chi connectivity index (χ2v) is 9.27. The molecule has 2 N–H and O–H groups in total. The molecule has 1 heterocycles. The molecule has 8 heteroatoms. The van der Waals surface area contributed by atoms with Crippen molar-refractivity contribution < 1.29 is 4.79 Å². The van der Waals surface area contributed by atoms with Crippen LogP contribution < -0.4 is 16.6 Å². The van der Waals surface area contributed by atoms with Crippen LogP contribution in [0.4, 0.5) is 0 Å². The lowest BCUT2D eigenvalue weighted by molar-refractivity contribution is -0.121. The minimum atomic E-state index is -0.478. The minimum absolute atomic E-state index is 0.115. The number of benzene rings is 3. The highest BCUT2D eigenvalue weighted by molar-refractivity contribution is 6.30. The summed E-state index contributed by atoms with van der Waals surface area (Å²) in [5.41, 5.74) is 2.81. The van der Waals surface area contributed by atoms with Crippen LogP contribution >= 0.6 is 23.2 Å². The largest absolute Gasteiger partial charge is 0.356 e. The van der Waals surface area contributed by atoms with Crippen LogP contribution in [-0.2, 0) is 24.2 Å². The summed E-state index contributed by atoms with van der Waals surface area (Å²) in [5, 5.41) is 4.66. The lowest BCUT2D eigenvalue weighted by Gasteiger charge is -2.09. The highest BCUT2D eigenvalue weighted by atomic mass is 35.5. The molecule has 0 saturated heterocycles. The van der Waals surface area contributed by atoms with Gasteiger partial charge < -0.3 is 10.3 Å². The van der Waals surface area contributed by atoms with E-state index in [2.05, 4.69) is 10.3 Å². The second-order valence-electron chi connectivity index (χ2n) is 8.40. The van der Waals surface area contributed by atoms with Crippen LogP contribution in [0.1, 0.15) is 29.5 Å². The van der Waals surface area contributed by atoms with Gasteiger partial charge >= 0.3 is 5.69 Å². The summed E-state index contributed by atoms with van der Waals surface area (Å²) in [6, 6.07) is 20.5. The number of hydrogen-bond donors (Lipinski definition) is 2. The van der Waals surface area contributed by atoms with E-state index in [1.807, 2.05) is 60.7 Å². The zero-order valence-corrected chi connectivity index (χ0v) is 20.5. The van der Waals surface area contributed by atoms with E-state index in [1.165, 1.54) is 0 Å². The van der Waals surface area contributed by atoms with Gasteiger partial charge in [-0.3, -0.25) is 14.2 Å². The number of aromatic amines is 1. The molecule has 3 aromatic carbocycles. The highest BCUT2D eigenvalue weighted by Gasteiger charge is 2.10. The lowest BCUT2D eigenvalue weighted by atomic mass is 10.0. The number of carbonyl (C=O) groups excluding carboxylic acids is 1. The van der Waals surface area contributed by atoms with Gasteiger partial charge in [-0.2, -0.15) is 0 Å². The van der Waals surface area contributed by atoms with E-state index in [0.717, 1.165) is 21.3 Å². The first-order chi connectivity index (χ1) is 16.9. The number of carbonyl (C=O) groups is 1. The molecule has 180 valence electrons. The molecular weight excluding hydrogens is 485 g/mol. The van der Waals surface area contributed by atoms with Gasteiger partial charge in [0, 0.05) is 29.6 Å². The van der Waals surface area contributed by atoms with E-state index < -0.39 is 5.69 Å². The zero-order chi connectivity index (χ0) is 24.8. The summed E-state index contributed by atoms with van der Waals surface area (Å²) < 4.78 is 1.15. The summed E-state index contributed by atoms with van der Waals surface area (Å²) in [6.45, 7) is 0.677. The number of halogens is 2. The van der Waals surface area contributed by atoms with Gasteiger partial charge in [-0.15, -0.1) is 0 Å². The molecule has 1 aromatic heterocycles. The summed E-state index contributed by atoms with van der Waals surface area (Å²) in [6.07, 6.45) is 1.97. The van der Waals surface area contributed by atoms with Gasteiger partial charge in [0.25, 0.3) is 5.56 Å². The Morgan fingerprint density at radius 3 is 2.17 bits per heavy atom. The molecule has 6 nitrogen and oxygen atoms in total. The topological polar surface area (TPSA) is 84.0 Å². The Balaban J connectivity index is 1.34. The Labute approximate surface area is 212 Å². The SMILES string of the molecule is O=C(CCCn1c(=O)[nH]c2cc(Cc3ccc(Cl)cc3)ccc2c1=O)NCCc1ccc(Cl)cc1. The number of amides is 1. The molecular formula is C27H25Cl2N3O3. The van der Waals surface area contributed by atoms with Crippen molar-refractivity contribution in [3.63, 3.8) is 0 Å². The van der Waals surface area contributed by atoms with Crippen LogP contribution in [0.15, 0.2) is 76.3 Å². The van der Waals surface area contributed by atoms with Crippen molar-refractivity contribution in [2.45, 2.75) is 32.2 Å². The molecule has 1 amide bonds. The molecule has 0 aliphatic carbocycles. The molecule has 35 heavy (non-hydrogen) atoms. The fourth-order valence-electron chi connectivity index (χ4n) is 3.94. The predicted octanol–water partition coefficient (Wildman–Crippen LogP) is 4.73. The molecule has 4 rings (SSSR count). The van der Waals surface area contributed by atoms with Crippen LogP contribution in [-0.4, -0.2) is 22.0 Å². The third kappa shape index (κ3) is 6.62. The summed E-state index contributed by atoms with van der Waals surface area (Å²) in [4.78, 5) is 40.4. The molecule has 0 atom stereocenters. The Morgan fingerprint density at radius 1 is 0.857 bits per heavy atom. The normalized spacial score (nSPS) is 11.0. The number of fused-ring (bicyclic) bond motifs is 1. The average molecular weight is 510 g/mol.